The minimum absolute atomic E-state index is 0.107. The fourth-order valence-corrected chi connectivity index (χ4v) is 14.4. The van der Waals surface area contributed by atoms with E-state index in [-0.39, 0.29) is 25.7 Å². The maximum Gasteiger partial charge on any atom is 0.472 e. The molecular formula is C83H162O17P2. The molecule has 0 saturated heterocycles. The topological polar surface area (TPSA) is 237 Å². The van der Waals surface area contributed by atoms with E-state index in [0.29, 0.717) is 25.7 Å². The average molecular weight is 1490 g/mol. The zero-order chi connectivity index (χ0) is 75.1. The quantitative estimate of drug-likeness (QED) is 0.0222. The molecule has 3 N–H and O–H groups in total. The van der Waals surface area contributed by atoms with Gasteiger partial charge in [0.25, 0.3) is 0 Å². The van der Waals surface area contributed by atoms with Crippen LogP contribution in [-0.2, 0) is 65.4 Å². The molecule has 0 heterocycles. The van der Waals surface area contributed by atoms with Crippen molar-refractivity contribution >= 4 is 39.5 Å². The molecule has 0 aromatic carbocycles. The highest BCUT2D eigenvalue weighted by Gasteiger charge is 2.30. The summed E-state index contributed by atoms with van der Waals surface area (Å²) >= 11 is 0. The molecule has 0 aliphatic carbocycles. The monoisotopic (exact) mass is 1490 g/mol. The molecule has 0 bridgehead atoms. The molecule has 0 aromatic rings. The van der Waals surface area contributed by atoms with E-state index in [9.17, 15) is 43.2 Å². The van der Waals surface area contributed by atoms with Gasteiger partial charge in [-0.25, -0.2) is 9.13 Å². The fourth-order valence-electron chi connectivity index (χ4n) is 12.8. The van der Waals surface area contributed by atoms with Gasteiger partial charge in [-0.15, -0.1) is 0 Å². The number of phosphoric ester groups is 2. The van der Waals surface area contributed by atoms with E-state index < -0.39 is 97.5 Å². The van der Waals surface area contributed by atoms with Crippen molar-refractivity contribution in [3.63, 3.8) is 0 Å². The molecule has 0 aliphatic rings. The maximum atomic E-state index is 13.1. The van der Waals surface area contributed by atoms with Crippen LogP contribution in [0, 0.1) is 17.8 Å². The van der Waals surface area contributed by atoms with E-state index in [1.807, 2.05) is 0 Å². The molecule has 0 aromatic heterocycles. The minimum Gasteiger partial charge on any atom is -0.462 e. The van der Waals surface area contributed by atoms with Gasteiger partial charge in [0.05, 0.1) is 26.4 Å². The Balaban J connectivity index is 5.21. The largest absolute Gasteiger partial charge is 0.472 e. The summed E-state index contributed by atoms with van der Waals surface area (Å²) in [4.78, 5) is 73.0. The predicted molar refractivity (Wildman–Crippen MR) is 418 cm³/mol. The molecular weight excluding hydrogens is 1330 g/mol. The standard InChI is InChI=1S/C83H162O17P2/c1-8-9-10-11-12-33-43-50-57-64-80(85)93-70-78(99-83(88)67-60-53-46-39-32-26-20-23-29-36-42-49-56-63-76(6)7)72-97-101(89,90)95-68-77(84)69-96-102(91,92)98-73-79(71-94-81(86)65-58-51-44-37-30-25-19-22-28-35-41-48-55-62-75(4)5)100-82(87)66-59-52-45-38-31-24-18-16-14-13-15-17-21-27-34-40-47-54-61-74(2)3/h74-79,84H,8-73H2,1-7H3,(H,89,90)(H,91,92)/t77-,78+,79+/m0/s1. The number of phosphoric acid groups is 2. The average Bonchev–Trinajstić information content (AvgIpc) is 0.911. The van der Waals surface area contributed by atoms with Gasteiger partial charge in [-0.3, -0.25) is 37.3 Å². The lowest BCUT2D eigenvalue weighted by Crippen LogP contribution is -2.30. The van der Waals surface area contributed by atoms with Crippen LogP contribution in [0.5, 0.6) is 0 Å². The zero-order valence-electron chi connectivity index (χ0n) is 67.1. The predicted octanol–water partition coefficient (Wildman–Crippen LogP) is 24.9. The van der Waals surface area contributed by atoms with Crippen molar-refractivity contribution in [2.75, 3.05) is 39.6 Å². The van der Waals surface area contributed by atoms with Gasteiger partial charge < -0.3 is 33.8 Å². The Hall–Kier alpha value is -1.94. The molecule has 0 spiro atoms. The van der Waals surface area contributed by atoms with Gasteiger partial charge in [-0.2, -0.15) is 0 Å². The Bertz CT molecular complexity index is 1970. The van der Waals surface area contributed by atoms with Gasteiger partial charge in [0, 0.05) is 25.7 Å². The summed E-state index contributed by atoms with van der Waals surface area (Å²) in [5.74, 6) is 0.289. The molecule has 102 heavy (non-hydrogen) atoms. The van der Waals surface area contributed by atoms with Crippen LogP contribution in [-0.4, -0.2) is 96.7 Å². The number of aliphatic hydroxyl groups excluding tert-OH is 1. The van der Waals surface area contributed by atoms with Crippen LogP contribution in [0.3, 0.4) is 0 Å². The molecule has 0 radical (unpaired) electrons. The van der Waals surface area contributed by atoms with Crippen LogP contribution >= 0.6 is 15.6 Å². The summed E-state index contributed by atoms with van der Waals surface area (Å²) < 4.78 is 68.8. The molecule has 0 fully saturated rings. The van der Waals surface area contributed by atoms with Gasteiger partial charge >= 0.3 is 39.5 Å². The summed E-state index contributed by atoms with van der Waals surface area (Å²) in [6.45, 7) is 12.0. The van der Waals surface area contributed by atoms with Crippen molar-refractivity contribution in [1.82, 2.24) is 0 Å². The molecule has 606 valence electrons. The molecule has 2 unspecified atom stereocenters. The first kappa shape index (κ1) is 100. The third-order valence-electron chi connectivity index (χ3n) is 19.4. The summed E-state index contributed by atoms with van der Waals surface area (Å²) in [5.41, 5.74) is 0. The minimum atomic E-state index is -4.96. The van der Waals surface area contributed by atoms with Gasteiger partial charge in [-0.05, 0) is 43.4 Å². The van der Waals surface area contributed by atoms with Crippen LogP contribution in [0.15, 0.2) is 0 Å². The molecule has 5 atom stereocenters. The van der Waals surface area contributed by atoms with Crippen molar-refractivity contribution < 1.29 is 80.2 Å². The third kappa shape index (κ3) is 76.3. The molecule has 19 heteroatoms. The van der Waals surface area contributed by atoms with Crippen LogP contribution in [0.4, 0.5) is 0 Å². The molecule has 0 rings (SSSR count). The van der Waals surface area contributed by atoms with Crippen molar-refractivity contribution in [2.45, 2.75) is 452 Å². The van der Waals surface area contributed by atoms with Crippen molar-refractivity contribution in [2.24, 2.45) is 17.8 Å². The van der Waals surface area contributed by atoms with Gasteiger partial charge in [0.1, 0.15) is 19.3 Å². The first-order valence-corrected chi connectivity index (χ1v) is 45.8. The third-order valence-corrected chi connectivity index (χ3v) is 21.3. The lowest BCUT2D eigenvalue weighted by atomic mass is 10.0. The van der Waals surface area contributed by atoms with Gasteiger partial charge in [-0.1, -0.05) is 382 Å². The Labute approximate surface area is 626 Å². The van der Waals surface area contributed by atoms with Crippen molar-refractivity contribution in [3.05, 3.63) is 0 Å². The first-order valence-electron chi connectivity index (χ1n) is 42.8. The Morgan fingerprint density at radius 2 is 0.451 bits per heavy atom. The number of carbonyl (C=O) groups is 4. The lowest BCUT2D eigenvalue weighted by Gasteiger charge is -2.21. The SMILES string of the molecule is CCCCCCCCCCCC(=O)OC[C@H](COP(=O)(O)OC[C@H](O)COP(=O)(O)OC[C@@H](COC(=O)CCCCCCCCCCCCCCCC(C)C)OC(=O)CCCCCCCCCCCCCCCCCCCCC(C)C)OC(=O)CCCCCCCCCCCCCCCC(C)C. The number of ether oxygens (including phenoxy) is 4. The number of esters is 4. The van der Waals surface area contributed by atoms with Crippen LogP contribution in [0.2, 0.25) is 0 Å². The summed E-state index contributed by atoms with van der Waals surface area (Å²) in [7, 11) is -9.92. The Morgan fingerprint density at radius 3 is 0.667 bits per heavy atom. The first-order chi connectivity index (χ1) is 49.2. The van der Waals surface area contributed by atoms with Gasteiger partial charge in [0.15, 0.2) is 12.2 Å². The second-order valence-corrected chi connectivity index (χ2v) is 34.2. The normalized spacial score (nSPS) is 13.9. The smallest absolute Gasteiger partial charge is 0.462 e. The molecule has 17 nitrogen and oxygen atoms in total. The van der Waals surface area contributed by atoms with E-state index in [2.05, 4.69) is 48.5 Å². The second kappa shape index (κ2) is 73.2. The number of rotatable bonds is 81. The number of unbranched alkanes of at least 4 members (excludes halogenated alkanes) is 49. The maximum absolute atomic E-state index is 13.1. The van der Waals surface area contributed by atoms with E-state index in [0.717, 1.165) is 108 Å². The van der Waals surface area contributed by atoms with Crippen molar-refractivity contribution in [3.8, 4) is 0 Å². The van der Waals surface area contributed by atoms with E-state index in [1.165, 1.54) is 244 Å². The fraction of sp³-hybridized carbons (Fsp3) is 0.952. The Morgan fingerprint density at radius 1 is 0.265 bits per heavy atom. The molecule has 0 saturated carbocycles. The van der Waals surface area contributed by atoms with Crippen LogP contribution < -0.4 is 0 Å². The zero-order valence-corrected chi connectivity index (χ0v) is 68.9. The number of aliphatic hydroxyl groups is 1. The van der Waals surface area contributed by atoms with E-state index in [4.69, 9.17) is 37.0 Å². The van der Waals surface area contributed by atoms with Crippen LogP contribution in [0.1, 0.15) is 434 Å². The molecule has 0 amide bonds. The highest BCUT2D eigenvalue weighted by Crippen LogP contribution is 2.45. The lowest BCUT2D eigenvalue weighted by molar-refractivity contribution is -0.161. The summed E-state index contributed by atoms with van der Waals surface area (Å²) in [6.07, 6.45) is 62.5. The number of carbonyl (C=O) groups excluding carboxylic acids is 4. The highest BCUT2D eigenvalue weighted by molar-refractivity contribution is 7.47. The highest BCUT2D eigenvalue weighted by atomic mass is 31.2. The van der Waals surface area contributed by atoms with Crippen molar-refractivity contribution in [1.29, 1.82) is 0 Å². The second-order valence-electron chi connectivity index (χ2n) is 31.3. The summed E-state index contributed by atoms with van der Waals surface area (Å²) in [5, 5.41) is 10.6. The summed E-state index contributed by atoms with van der Waals surface area (Å²) in [6, 6.07) is 0. The van der Waals surface area contributed by atoms with E-state index in [1.54, 1.807) is 0 Å². The number of hydrogen-bond acceptors (Lipinski definition) is 15. The number of hydrogen-bond donors (Lipinski definition) is 3. The van der Waals surface area contributed by atoms with Crippen LogP contribution in [0.25, 0.3) is 0 Å². The van der Waals surface area contributed by atoms with Gasteiger partial charge in [0.2, 0.25) is 0 Å². The Kier molecular flexibility index (Phi) is 71.8. The molecule has 0 aliphatic heterocycles. The van der Waals surface area contributed by atoms with E-state index >= 15 is 0 Å².